The Kier molecular flexibility index (Phi) is 4.72. The van der Waals surface area contributed by atoms with E-state index in [-0.39, 0.29) is 5.25 Å². The van der Waals surface area contributed by atoms with Gasteiger partial charge < -0.3 is 4.52 Å². The predicted molar refractivity (Wildman–Crippen MR) is 92.6 cm³/mol. The third kappa shape index (κ3) is 3.42. The van der Waals surface area contributed by atoms with Crippen molar-refractivity contribution in [3.8, 4) is 0 Å². The van der Waals surface area contributed by atoms with Gasteiger partial charge >= 0.3 is 0 Å². The number of benzene rings is 2. The molecule has 0 amide bonds. The molecule has 0 aliphatic heterocycles. The van der Waals surface area contributed by atoms with Gasteiger partial charge in [-0.2, -0.15) is 0 Å². The van der Waals surface area contributed by atoms with Crippen LogP contribution < -0.4 is 0 Å². The van der Waals surface area contributed by atoms with E-state index in [1.807, 2.05) is 74.5 Å². The molecule has 1 heterocycles. The molecule has 3 nitrogen and oxygen atoms in total. The Hall–Kier alpha value is -2.20. The summed E-state index contributed by atoms with van der Waals surface area (Å²) in [7, 11) is -1.11. The Bertz CT molecular complexity index is 738. The fraction of sp³-hybridized carbons (Fsp3) is 0.211. The molecule has 0 saturated heterocycles. The van der Waals surface area contributed by atoms with Crippen LogP contribution in [-0.4, -0.2) is 9.37 Å². The van der Waals surface area contributed by atoms with Crippen LogP contribution in [0.25, 0.3) is 0 Å². The lowest BCUT2D eigenvalue weighted by Crippen LogP contribution is -2.11. The molecule has 0 bridgehead atoms. The summed E-state index contributed by atoms with van der Waals surface area (Å²) in [5.41, 5.74) is 3.88. The highest BCUT2D eigenvalue weighted by atomic mass is 32.2. The quantitative estimate of drug-likeness (QED) is 0.701. The summed E-state index contributed by atoms with van der Waals surface area (Å²) in [4.78, 5) is 0. The number of rotatable bonds is 5. The number of hydrogen-bond acceptors (Lipinski definition) is 3. The lowest BCUT2D eigenvalue weighted by atomic mass is 10.0. The van der Waals surface area contributed by atoms with E-state index < -0.39 is 10.8 Å². The molecular formula is C19H19NO2S. The van der Waals surface area contributed by atoms with E-state index in [1.54, 1.807) is 0 Å². The molecule has 0 spiro atoms. The Balaban J connectivity index is 1.97. The van der Waals surface area contributed by atoms with Gasteiger partial charge in [-0.1, -0.05) is 65.8 Å². The molecule has 0 fully saturated rings. The molecule has 1 atom stereocenters. The van der Waals surface area contributed by atoms with E-state index in [1.165, 1.54) is 0 Å². The Labute approximate surface area is 138 Å². The zero-order valence-corrected chi connectivity index (χ0v) is 14.0. The number of nitrogens with zero attached hydrogens (tertiary/aromatic N) is 1. The molecule has 3 aromatic rings. The van der Waals surface area contributed by atoms with Crippen molar-refractivity contribution in [2.45, 2.75) is 24.9 Å². The second kappa shape index (κ2) is 6.92. The molecule has 0 N–H and O–H groups in total. The van der Waals surface area contributed by atoms with Crippen molar-refractivity contribution in [3.05, 3.63) is 88.8 Å². The molecule has 0 radical (unpaired) electrons. The van der Waals surface area contributed by atoms with Crippen molar-refractivity contribution in [2.24, 2.45) is 0 Å². The van der Waals surface area contributed by atoms with Gasteiger partial charge in [0.1, 0.15) is 5.76 Å². The zero-order chi connectivity index (χ0) is 16.2. The Morgan fingerprint density at radius 2 is 1.48 bits per heavy atom. The monoisotopic (exact) mass is 325 g/mol. The fourth-order valence-electron chi connectivity index (χ4n) is 2.69. The standard InChI is InChI=1S/C19H19NO2S/c1-14-18(15(2)22-20-14)13-23(21)19(16-9-5-3-6-10-16)17-11-7-4-8-12-17/h3-12,19H,13H2,1-2H3. The maximum atomic E-state index is 13.2. The van der Waals surface area contributed by atoms with Crippen LogP contribution in [0.1, 0.15) is 33.4 Å². The molecule has 2 aromatic carbocycles. The first-order valence-corrected chi connectivity index (χ1v) is 8.94. The van der Waals surface area contributed by atoms with Crippen LogP contribution in [0.3, 0.4) is 0 Å². The van der Waals surface area contributed by atoms with E-state index >= 15 is 0 Å². The minimum absolute atomic E-state index is 0.161. The first-order chi connectivity index (χ1) is 11.2. The third-order valence-corrected chi connectivity index (χ3v) is 5.58. The number of aromatic nitrogens is 1. The Morgan fingerprint density at radius 1 is 0.957 bits per heavy atom. The average molecular weight is 325 g/mol. The predicted octanol–water partition coefficient (Wildman–Crippen LogP) is 4.33. The van der Waals surface area contributed by atoms with E-state index in [0.29, 0.717) is 5.75 Å². The lowest BCUT2D eigenvalue weighted by molar-refractivity contribution is 0.392. The summed E-state index contributed by atoms with van der Waals surface area (Å²) in [5.74, 6) is 1.19. The van der Waals surface area contributed by atoms with Crippen molar-refractivity contribution < 1.29 is 8.73 Å². The first-order valence-electron chi connectivity index (χ1n) is 7.55. The van der Waals surface area contributed by atoms with Crippen molar-refractivity contribution in [1.82, 2.24) is 5.16 Å². The average Bonchev–Trinajstić information content (AvgIpc) is 2.89. The lowest BCUT2D eigenvalue weighted by Gasteiger charge is -2.17. The van der Waals surface area contributed by atoms with E-state index in [2.05, 4.69) is 5.16 Å². The third-order valence-electron chi connectivity index (χ3n) is 3.94. The molecule has 0 aliphatic carbocycles. The molecule has 23 heavy (non-hydrogen) atoms. The van der Waals surface area contributed by atoms with Crippen LogP contribution in [0.4, 0.5) is 0 Å². The minimum atomic E-state index is -1.11. The van der Waals surface area contributed by atoms with Crippen molar-refractivity contribution in [1.29, 1.82) is 0 Å². The van der Waals surface area contributed by atoms with Gasteiger partial charge in [0.25, 0.3) is 0 Å². The highest BCUT2D eigenvalue weighted by Gasteiger charge is 2.23. The maximum Gasteiger partial charge on any atom is 0.138 e. The molecule has 118 valence electrons. The SMILES string of the molecule is Cc1noc(C)c1CS(=O)C(c1ccccc1)c1ccccc1. The van der Waals surface area contributed by atoms with Gasteiger partial charge in [-0.25, -0.2) is 0 Å². The Morgan fingerprint density at radius 3 is 1.91 bits per heavy atom. The van der Waals surface area contributed by atoms with Gasteiger partial charge in [-0.15, -0.1) is 0 Å². The fourth-order valence-corrected chi connectivity index (χ4v) is 4.47. The van der Waals surface area contributed by atoms with Crippen LogP contribution in [0, 0.1) is 13.8 Å². The van der Waals surface area contributed by atoms with Gasteiger partial charge in [0.2, 0.25) is 0 Å². The largest absolute Gasteiger partial charge is 0.361 e. The number of aryl methyl sites for hydroxylation is 2. The second-order valence-electron chi connectivity index (χ2n) is 5.53. The van der Waals surface area contributed by atoms with Crippen LogP contribution in [0.5, 0.6) is 0 Å². The normalized spacial score (nSPS) is 12.5. The highest BCUT2D eigenvalue weighted by Crippen LogP contribution is 2.30. The second-order valence-corrected chi connectivity index (χ2v) is 7.05. The molecule has 0 aliphatic rings. The molecule has 0 saturated carbocycles. The summed E-state index contributed by atoms with van der Waals surface area (Å²) in [6, 6.07) is 20.0. The maximum absolute atomic E-state index is 13.2. The van der Waals surface area contributed by atoms with Gasteiger partial charge in [-0.3, -0.25) is 4.21 Å². The summed E-state index contributed by atoms with van der Waals surface area (Å²) < 4.78 is 18.4. The van der Waals surface area contributed by atoms with Crippen LogP contribution in [0.2, 0.25) is 0 Å². The van der Waals surface area contributed by atoms with Gasteiger partial charge in [0, 0.05) is 16.4 Å². The zero-order valence-electron chi connectivity index (χ0n) is 13.2. The van der Waals surface area contributed by atoms with E-state index in [0.717, 1.165) is 28.1 Å². The van der Waals surface area contributed by atoms with Crippen LogP contribution in [-0.2, 0) is 16.6 Å². The van der Waals surface area contributed by atoms with Crippen molar-refractivity contribution in [2.75, 3.05) is 0 Å². The van der Waals surface area contributed by atoms with Crippen molar-refractivity contribution in [3.63, 3.8) is 0 Å². The van der Waals surface area contributed by atoms with Gasteiger partial charge in [-0.05, 0) is 25.0 Å². The molecule has 1 aromatic heterocycles. The summed E-state index contributed by atoms with van der Waals surface area (Å²) in [6.45, 7) is 3.76. The summed E-state index contributed by atoms with van der Waals surface area (Å²) in [5, 5.41) is 3.80. The summed E-state index contributed by atoms with van der Waals surface area (Å²) >= 11 is 0. The van der Waals surface area contributed by atoms with Crippen LogP contribution in [0.15, 0.2) is 65.2 Å². The summed E-state index contributed by atoms with van der Waals surface area (Å²) in [6.07, 6.45) is 0. The smallest absolute Gasteiger partial charge is 0.138 e. The number of hydrogen-bond donors (Lipinski definition) is 0. The molecule has 4 heteroatoms. The molecule has 3 rings (SSSR count). The molecule has 1 unspecified atom stereocenters. The first kappa shape index (κ1) is 15.7. The topological polar surface area (TPSA) is 43.1 Å². The van der Waals surface area contributed by atoms with Crippen LogP contribution >= 0.6 is 0 Å². The van der Waals surface area contributed by atoms with Crippen molar-refractivity contribution >= 4 is 10.8 Å². The van der Waals surface area contributed by atoms with E-state index in [4.69, 9.17) is 4.52 Å². The highest BCUT2D eigenvalue weighted by molar-refractivity contribution is 7.84. The minimum Gasteiger partial charge on any atom is -0.361 e. The van der Waals surface area contributed by atoms with E-state index in [9.17, 15) is 4.21 Å². The van der Waals surface area contributed by atoms with Gasteiger partial charge in [0.15, 0.2) is 0 Å². The molecular weight excluding hydrogens is 306 g/mol. The van der Waals surface area contributed by atoms with Gasteiger partial charge in [0.05, 0.1) is 16.7 Å².